The Morgan fingerprint density at radius 2 is 2.05 bits per heavy atom. The van der Waals surface area contributed by atoms with Crippen molar-refractivity contribution in [1.29, 1.82) is 0 Å². The highest BCUT2D eigenvalue weighted by molar-refractivity contribution is 5.92. The van der Waals surface area contributed by atoms with Crippen LogP contribution in [0.4, 0.5) is 5.69 Å². The van der Waals surface area contributed by atoms with E-state index >= 15 is 0 Å². The van der Waals surface area contributed by atoms with Crippen molar-refractivity contribution >= 4 is 11.6 Å². The van der Waals surface area contributed by atoms with Crippen molar-refractivity contribution in [2.24, 2.45) is 0 Å². The maximum absolute atomic E-state index is 12.2. The van der Waals surface area contributed by atoms with Crippen LogP contribution in [-0.4, -0.2) is 25.0 Å². The summed E-state index contributed by atoms with van der Waals surface area (Å²) in [5, 5.41) is 0. The summed E-state index contributed by atoms with van der Waals surface area (Å²) in [7, 11) is 3.41. The van der Waals surface area contributed by atoms with Crippen molar-refractivity contribution in [2.45, 2.75) is 12.8 Å². The van der Waals surface area contributed by atoms with Crippen molar-refractivity contribution in [1.82, 2.24) is 4.98 Å². The Bertz CT molecular complexity index is 570. The second-order valence-corrected chi connectivity index (χ2v) is 4.48. The SMILES string of the molecule is COc1ccccc1CCC(=O)N(C)c1cccnc1. The lowest BCUT2D eigenvalue weighted by molar-refractivity contribution is -0.118. The monoisotopic (exact) mass is 270 g/mol. The summed E-state index contributed by atoms with van der Waals surface area (Å²) in [4.78, 5) is 17.8. The van der Waals surface area contributed by atoms with Gasteiger partial charge in [0.2, 0.25) is 5.91 Å². The minimum Gasteiger partial charge on any atom is -0.496 e. The summed E-state index contributed by atoms with van der Waals surface area (Å²) >= 11 is 0. The Morgan fingerprint density at radius 3 is 2.75 bits per heavy atom. The van der Waals surface area contributed by atoms with Gasteiger partial charge in [-0.1, -0.05) is 18.2 Å². The average Bonchev–Trinajstić information content (AvgIpc) is 2.53. The van der Waals surface area contributed by atoms with E-state index in [2.05, 4.69) is 4.98 Å². The fourth-order valence-corrected chi connectivity index (χ4v) is 2.01. The van der Waals surface area contributed by atoms with Gasteiger partial charge in [0, 0.05) is 19.7 Å². The van der Waals surface area contributed by atoms with Crippen LogP contribution in [0.5, 0.6) is 5.75 Å². The average molecular weight is 270 g/mol. The van der Waals surface area contributed by atoms with E-state index in [1.54, 1.807) is 31.5 Å². The fourth-order valence-electron chi connectivity index (χ4n) is 2.01. The van der Waals surface area contributed by atoms with Crippen molar-refractivity contribution in [2.75, 3.05) is 19.1 Å². The predicted molar refractivity (Wildman–Crippen MR) is 79.0 cm³/mol. The lowest BCUT2D eigenvalue weighted by Gasteiger charge is -2.17. The van der Waals surface area contributed by atoms with E-state index in [0.717, 1.165) is 17.0 Å². The minimum atomic E-state index is 0.0592. The topological polar surface area (TPSA) is 42.4 Å². The summed E-state index contributed by atoms with van der Waals surface area (Å²) in [6, 6.07) is 11.5. The van der Waals surface area contributed by atoms with Gasteiger partial charge in [0.05, 0.1) is 19.0 Å². The number of carbonyl (C=O) groups excluding carboxylic acids is 1. The number of benzene rings is 1. The normalized spacial score (nSPS) is 10.1. The molecular weight excluding hydrogens is 252 g/mol. The van der Waals surface area contributed by atoms with Gasteiger partial charge in [-0.05, 0) is 30.2 Å². The van der Waals surface area contributed by atoms with Crippen LogP contribution in [0.2, 0.25) is 0 Å². The van der Waals surface area contributed by atoms with Gasteiger partial charge in [-0.2, -0.15) is 0 Å². The van der Waals surface area contributed by atoms with Gasteiger partial charge in [0.25, 0.3) is 0 Å². The highest BCUT2D eigenvalue weighted by atomic mass is 16.5. The van der Waals surface area contributed by atoms with Crippen molar-refractivity contribution in [3.05, 3.63) is 54.4 Å². The molecule has 0 bridgehead atoms. The van der Waals surface area contributed by atoms with E-state index in [9.17, 15) is 4.79 Å². The van der Waals surface area contributed by atoms with E-state index in [0.29, 0.717) is 12.8 Å². The molecule has 0 saturated heterocycles. The third-order valence-corrected chi connectivity index (χ3v) is 3.21. The van der Waals surface area contributed by atoms with Crippen LogP contribution in [0.1, 0.15) is 12.0 Å². The van der Waals surface area contributed by atoms with Gasteiger partial charge in [-0.25, -0.2) is 0 Å². The van der Waals surface area contributed by atoms with Gasteiger partial charge >= 0.3 is 0 Å². The zero-order valence-corrected chi connectivity index (χ0v) is 11.7. The molecule has 1 aromatic heterocycles. The van der Waals surface area contributed by atoms with Crippen molar-refractivity contribution in [3.8, 4) is 5.75 Å². The second-order valence-electron chi connectivity index (χ2n) is 4.48. The molecule has 104 valence electrons. The number of carbonyl (C=O) groups is 1. The lowest BCUT2D eigenvalue weighted by atomic mass is 10.1. The van der Waals surface area contributed by atoms with Gasteiger partial charge in [0.1, 0.15) is 5.75 Å². The van der Waals surface area contributed by atoms with Gasteiger partial charge < -0.3 is 9.64 Å². The Morgan fingerprint density at radius 1 is 1.25 bits per heavy atom. The molecule has 2 aromatic rings. The van der Waals surface area contributed by atoms with Gasteiger partial charge in [-0.15, -0.1) is 0 Å². The molecule has 0 N–H and O–H groups in total. The number of para-hydroxylation sites is 1. The Labute approximate surface area is 119 Å². The van der Waals surface area contributed by atoms with Crippen molar-refractivity contribution < 1.29 is 9.53 Å². The van der Waals surface area contributed by atoms with Crippen LogP contribution in [0, 0.1) is 0 Å². The number of nitrogens with zero attached hydrogens (tertiary/aromatic N) is 2. The number of hydrogen-bond acceptors (Lipinski definition) is 3. The molecule has 4 nitrogen and oxygen atoms in total. The molecule has 0 aliphatic carbocycles. The molecule has 1 amide bonds. The third-order valence-electron chi connectivity index (χ3n) is 3.21. The van der Waals surface area contributed by atoms with Crippen LogP contribution < -0.4 is 9.64 Å². The van der Waals surface area contributed by atoms with Crippen LogP contribution in [0.15, 0.2) is 48.8 Å². The zero-order valence-electron chi connectivity index (χ0n) is 11.7. The number of methoxy groups -OCH3 is 1. The third kappa shape index (κ3) is 3.35. The minimum absolute atomic E-state index is 0.0592. The first kappa shape index (κ1) is 14.1. The van der Waals surface area contributed by atoms with Crippen LogP contribution in [0.25, 0.3) is 0 Å². The highest BCUT2D eigenvalue weighted by Crippen LogP contribution is 2.20. The first-order valence-electron chi connectivity index (χ1n) is 6.51. The Kier molecular flexibility index (Phi) is 4.71. The number of rotatable bonds is 5. The smallest absolute Gasteiger partial charge is 0.227 e. The predicted octanol–water partition coefficient (Wildman–Crippen LogP) is 2.69. The molecule has 0 unspecified atom stereocenters. The molecule has 2 rings (SSSR count). The number of aromatic nitrogens is 1. The molecule has 1 heterocycles. The van der Waals surface area contributed by atoms with E-state index < -0.39 is 0 Å². The fraction of sp³-hybridized carbons (Fsp3) is 0.250. The second kappa shape index (κ2) is 6.70. The number of anilines is 1. The maximum Gasteiger partial charge on any atom is 0.227 e. The molecule has 1 aromatic carbocycles. The molecule has 0 radical (unpaired) electrons. The van der Waals surface area contributed by atoms with E-state index in [-0.39, 0.29) is 5.91 Å². The molecule has 0 atom stereocenters. The van der Waals surface area contributed by atoms with E-state index in [1.807, 2.05) is 36.4 Å². The largest absolute Gasteiger partial charge is 0.496 e. The Hall–Kier alpha value is -2.36. The number of aryl methyl sites for hydroxylation is 1. The first-order valence-corrected chi connectivity index (χ1v) is 6.51. The van der Waals surface area contributed by atoms with Crippen LogP contribution in [-0.2, 0) is 11.2 Å². The zero-order chi connectivity index (χ0) is 14.4. The van der Waals surface area contributed by atoms with Crippen molar-refractivity contribution in [3.63, 3.8) is 0 Å². The number of hydrogen-bond donors (Lipinski definition) is 0. The molecule has 0 spiro atoms. The van der Waals surface area contributed by atoms with E-state index in [1.165, 1.54) is 0 Å². The number of amides is 1. The number of ether oxygens (including phenoxy) is 1. The first-order chi connectivity index (χ1) is 9.72. The summed E-state index contributed by atoms with van der Waals surface area (Å²) in [5.74, 6) is 0.883. The quantitative estimate of drug-likeness (QED) is 0.839. The summed E-state index contributed by atoms with van der Waals surface area (Å²) in [6.45, 7) is 0. The summed E-state index contributed by atoms with van der Waals surface area (Å²) in [6.07, 6.45) is 4.47. The molecule has 0 aliphatic rings. The summed E-state index contributed by atoms with van der Waals surface area (Å²) in [5.41, 5.74) is 1.85. The van der Waals surface area contributed by atoms with Gasteiger partial charge in [-0.3, -0.25) is 9.78 Å². The maximum atomic E-state index is 12.2. The molecule has 0 fully saturated rings. The molecule has 0 aliphatic heterocycles. The van der Waals surface area contributed by atoms with E-state index in [4.69, 9.17) is 4.74 Å². The molecular formula is C16H18N2O2. The van der Waals surface area contributed by atoms with Gasteiger partial charge in [0.15, 0.2) is 0 Å². The summed E-state index contributed by atoms with van der Waals surface area (Å²) < 4.78 is 5.29. The standard InChI is InChI=1S/C16H18N2O2/c1-18(14-7-5-11-17-12-14)16(19)10-9-13-6-3-4-8-15(13)20-2/h3-8,11-12H,9-10H2,1-2H3. The molecule has 4 heteroatoms. The molecule has 20 heavy (non-hydrogen) atoms. The Balaban J connectivity index is 1.99. The van der Waals surface area contributed by atoms with Crippen LogP contribution >= 0.6 is 0 Å². The number of pyridine rings is 1. The van der Waals surface area contributed by atoms with Crippen LogP contribution in [0.3, 0.4) is 0 Å². The highest BCUT2D eigenvalue weighted by Gasteiger charge is 2.12. The molecule has 0 saturated carbocycles. The lowest BCUT2D eigenvalue weighted by Crippen LogP contribution is -2.26.